The van der Waals surface area contributed by atoms with E-state index in [9.17, 15) is 4.39 Å². The summed E-state index contributed by atoms with van der Waals surface area (Å²) in [5.41, 5.74) is 6.60. The number of nitrogens with two attached hydrogens (primary N) is 1. The molecule has 1 heterocycles. The molecule has 0 aliphatic rings. The number of halogens is 1. The predicted octanol–water partition coefficient (Wildman–Crippen LogP) is 1.66. The molecule has 0 unspecified atom stereocenters. The van der Waals surface area contributed by atoms with E-state index in [0.717, 1.165) is 5.56 Å². The summed E-state index contributed by atoms with van der Waals surface area (Å²) < 4.78 is 14.5. The highest BCUT2D eigenvalue weighted by atomic mass is 32.2. The van der Waals surface area contributed by atoms with Crippen molar-refractivity contribution >= 4 is 17.7 Å². The summed E-state index contributed by atoms with van der Waals surface area (Å²) in [5, 5.41) is 16.8. The Labute approximate surface area is 107 Å². The van der Waals surface area contributed by atoms with Gasteiger partial charge in [0.05, 0.1) is 18.4 Å². The molecule has 0 aliphatic carbocycles. The molecule has 0 saturated carbocycles. The topological polar surface area (TPSA) is 80.5 Å². The lowest BCUT2D eigenvalue weighted by atomic mass is 10.2. The van der Waals surface area contributed by atoms with Crippen LogP contribution in [0.5, 0.6) is 0 Å². The van der Waals surface area contributed by atoms with Gasteiger partial charge in [0.15, 0.2) is 5.16 Å². The molecule has 0 radical (unpaired) electrons. The fourth-order valence-electron chi connectivity index (χ4n) is 1.42. The molecule has 7 heteroatoms. The van der Waals surface area contributed by atoms with E-state index in [4.69, 9.17) is 11.0 Å². The molecule has 0 amide bonds. The van der Waals surface area contributed by atoms with Gasteiger partial charge in [-0.2, -0.15) is 5.26 Å². The van der Waals surface area contributed by atoms with E-state index in [1.807, 2.05) is 6.07 Å². The average molecular weight is 263 g/mol. The van der Waals surface area contributed by atoms with E-state index in [1.165, 1.54) is 23.9 Å². The van der Waals surface area contributed by atoms with Crippen molar-refractivity contribution in [1.82, 2.24) is 14.8 Å². The number of aromatic nitrogens is 3. The van der Waals surface area contributed by atoms with E-state index >= 15 is 0 Å². The number of anilines is 1. The van der Waals surface area contributed by atoms with Gasteiger partial charge >= 0.3 is 0 Å². The Bertz CT molecular complexity index is 572. The number of benzene rings is 1. The van der Waals surface area contributed by atoms with Crippen LogP contribution in [-0.4, -0.2) is 20.5 Å². The monoisotopic (exact) mass is 263 g/mol. The summed E-state index contributed by atoms with van der Waals surface area (Å²) in [5.74, 6) is 0.274. The molecule has 2 aromatic rings. The van der Waals surface area contributed by atoms with E-state index in [-0.39, 0.29) is 17.5 Å². The zero-order chi connectivity index (χ0) is 13.0. The van der Waals surface area contributed by atoms with Crippen molar-refractivity contribution in [3.05, 3.63) is 35.6 Å². The molecule has 0 fully saturated rings. The van der Waals surface area contributed by atoms with Crippen molar-refractivity contribution in [2.45, 2.75) is 11.7 Å². The highest BCUT2D eigenvalue weighted by Crippen LogP contribution is 2.19. The number of rotatable bonds is 4. The zero-order valence-corrected chi connectivity index (χ0v) is 10.2. The van der Waals surface area contributed by atoms with Crippen LogP contribution in [0.2, 0.25) is 0 Å². The van der Waals surface area contributed by atoms with Gasteiger partial charge < -0.3 is 5.73 Å². The van der Waals surface area contributed by atoms with E-state index in [2.05, 4.69) is 10.2 Å². The molecular formula is C11H10FN5S. The third kappa shape index (κ3) is 2.78. The highest BCUT2D eigenvalue weighted by Gasteiger charge is 2.10. The van der Waals surface area contributed by atoms with Crippen molar-refractivity contribution in [3.8, 4) is 6.07 Å². The SMILES string of the molecule is N#CCSc1nnc(N)n1Cc1ccc(F)cc1. The average Bonchev–Trinajstić information content (AvgIpc) is 2.71. The lowest BCUT2D eigenvalue weighted by Crippen LogP contribution is -2.06. The number of nitrogens with zero attached hydrogens (tertiary/aromatic N) is 4. The molecule has 2 N–H and O–H groups in total. The number of nitriles is 1. The first-order valence-electron chi connectivity index (χ1n) is 5.13. The van der Waals surface area contributed by atoms with Crippen LogP contribution in [0.4, 0.5) is 10.3 Å². The summed E-state index contributed by atoms with van der Waals surface area (Å²) in [6.45, 7) is 0.451. The fourth-order valence-corrected chi connectivity index (χ4v) is 2.03. The van der Waals surface area contributed by atoms with Gasteiger partial charge in [0.1, 0.15) is 5.82 Å². The smallest absolute Gasteiger partial charge is 0.223 e. The minimum atomic E-state index is -0.283. The van der Waals surface area contributed by atoms with Gasteiger partial charge in [0.25, 0.3) is 0 Å². The van der Waals surface area contributed by atoms with E-state index in [0.29, 0.717) is 11.7 Å². The van der Waals surface area contributed by atoms with Crippen molar-refractivity contribution in [1.29, 1.82) is 5.26 Å². The van der Waals surface area contributed by atoms with Crippen molar-refractivity contribution in [3.63, 3.8) is 0 Å². The fraction of sp³-hybridized carbons (Fsp3) is 0.182. The third-order valence-corrected chi connectivity index (χ3v) is 3.10. The lowest BCUT2D eigenvalue weighted by molar-refractivity contribution is 0.625. The molecule has 1 aromatic carbocycles. The molecule has 5 nitrogen and oxygen atoms in total. The van der Waals surface area contributed by atoms with Gasteiger partial charge in [-0.05, 0) is 17.7 Å². The quantitative estimate of drug-likeness (QED) is 0.848. The molecule has 0 saturated heterocycles. The van der Waals surface area contributed by atoms with Crippen molar-refractivity contribution < 1.29 is 4.39 Å². The van der Waals surface area contributed by atoms with Crippen LogP contribution < -0.4 is 5.73 Å². The van der Waals surface area contributed by atoms with Crippen LogP contribution in [0.3, 0.4) is 0 Å². The second-order valence-electron chi connectivity index (χ2n) is 3.50. The maximum absolute atomic E-state index is 12.8. The molecule has 0 atom stereocenters. The summed E-state index contributed by atoms with van der Waals surface area (Å²) in [6, 6.07) is 8.14. The van der Waals surface area contributed by atoms with Crippen LogP contribution in [0, 0.1) is 17.1 Å². The molecule has 0 aliphatic heterocycles. The summed E-state index contributed by atoms with van der Waals surface area (Å²) in [7, 11) is 0. The summed E-state index contributed by atoms with van der Waals surface area (Å²) in [4.78, 5) is 0. The minimum absolute atomic E-state index is 0.278. The molecule has 1 aromatic heterocycles. The Balaban J connectivity index is 2.20. The van der Waals surface area contributed by atoms with Crippen molar-refractivity contribution in [2.24, 2.45) is 0 Å². The maximum Gasteiger partial charge on any atom is 0.223 e. The number of thioether (sulfide) groups is 1. The third-order valence-electron chi connectivity index (χ3n) is 2.27. The second-order valence-corrected chi connectivity index (χ2v) is 4.44. The van der Waals surface area contributed by atoms with Crippen LogP contribution in [0.25, 0.3) is 0 Å². The first-order chi connectivity index (χ1) is 8.70. The van der Waals surface area contributed by atoms with Crippen LogP contribution in [0.1, 0.15) is 5.56 Å². The first-order valence-corrected chi connectivity index (χ1v) is 6.12. The number of hydrogen-bond donors (Lipinski definition) is 1. The van der Waals surface area contributed by atoms with Gasteiger partial charge in [-0.15, -0.1) is 10.2 Å². The van der Waals surface area contributed by atoms with Crippen LogP contribution in [-0.2, 0) is 6.54 Å². The Morgan fingerprint density at radius 2 is 2.06 bits per heavy atom. The standard InChI is InChI=1S/C11H10FN5S/c12-9-3-1-8(2-4-9)7-17-10(14)15-16-11(17)18-6-5-13/h1-4H,6-7H2,(H2,14,15). The zero-order valence-electron chi connectivity index (χ0n) is 9.38. The van der Waals surface area contributed by atoms with Gasteiger partial charge in [-0.1, -0.05) is 23.9 Å². The number of nitrogen functional groups attached to an aromatic ring is 1. The molecule has 18 heavy (non-hydrogen) atoms. The minimum Gasteiger partial charge on any atom is -0.368 e. The molecule has 92 valence electrons. The van der Waals surface area contributed by atoms with Crippen LogP contribution in [0.15, 0.2) is 29.4 Å². The summed E-state index contributed by atoms with van der Waals surface area (Å²) >= 11 is 1.26. The summed E-state index contributed by atoms with van der Waals surface area (Å²) in [6.07, 6.45) is 0. The molecule has 0 spiro atoms. The van der Waals surface area contributed by atoms with Gasteiger partial charge in [0, 0.05) is 0 Å². The van der Waals surface area contributed by atoms with Gasteiger partial charge in [-0.25, -0.2) is 4.39 Å². The Kier molecular flexibility index (Phi) is 3.79. The normalized spacial score (nSPS) is 10.2. The molecule has 0 bridgehead atoms. The lowest BCUT2D eigenvalue weighted by Gasteiger charge is -2.06. The predicted molar refractivity (Wildman–Crippen MR) is 66.3 cm³/mol. The molecular weight excluding hydrogens is 253 g/mol. The second kappa shape index (κ2) is 5.51. The Morgan fingerprint density at radius 1 is 1.33 bits per heavy atom. The van der Waals surface area contributed by atoms with Gasteiger partial charge in [0.2, 0.25) is 5.95 Å². The Hall–Kier alpha value is -2.07. The largest absolute Gasteiger partial charge is 0.368 e. The van der Waals surface area contributed by atoms with E-state index in [1.54, 1.807) is 16.7 Å². The molecule has 2 rings (SSSR count). The van der Waals surface area contributed by atoms with Crippen LogP contribution >= 0.6 is 11.8 Å². The number of hydrogen-bond acceptors (Lipinski definition) is 5. The van der Waals surface area contributed by atoms with Gasteiger partial charge in [-0.3, -0.25) is 4.57 Å². The maximum atomic E-state index is 12.8. The van der Waals surface area contributed by atoms with Crippen molar-refractivity contribution in [2.75, 3.05) is 11.5 Å². The first kappa shape index (κ1) is 12.4. The Morgan fingerprint density at radius 3 is 2.72 bits per heavy atom. The highest BCUT2D eigenvalue weighted by molar-refractivity contribution is 7.99. The van der Waals surface area contributed by atoms with E-state index < -0.39 is 0 Å².